The third-order valence-electron chi connectivity index (χ3n) is 16.8. The van der Waals surface area contributed by atoms with Crippen LogP contribution < -0.4 is 0 Å². The Labute approximate surface area is 646 Å². The topological polar surface area (TPSA) is 152 Å². The second-order valence-corrected chi connectivity index (χ2v) is 28.4. The van der Waals surface area contributed by atoms with Gasteiger partial charge in [-0.05, 0) is 73.5 Å². The van der Waals surface area contributed by atoms with E-state index >= 15 is 0 Å². The second-order valence-electron chi connectivity index (χ2n) is 23.9. The number of thiazole rings is 2. The molecule has 1 aliphatic rings. The number of para-hydroxylation sites is 3. The summed E-state index contributed by atoms with van der Waals surface area (Å²) in [6.45, 7) is 9.12. The van der Waals surface area contributed by atoms with E-state index in [-0.39, 0.29) is 68.9 Å². The van der Waals surface area contributed by atoms with E-state index in [4.69, 9.17) is 38.4 Å². The summed E-state index contributed by atoms with van der Waals surface area (Å²) >= 11 is 6.72. The number of phenolic OH excluding ortho intramolecular Hbond substituents is 1. The minimum Gasteiger partial charge on any atom is -0.506 e. The molecule has 0 spiro atoms. The molecular weight excluding hydrogens is 1880 g/mol. The van der Waals surface area contributed by atoms with Crippen molar-refractivity contribution in [3.8, 4) is 17.1 Å². The second kappa shape index (κ2) is 33.3. The zero-order valence-corrected chi connectivity index (χ0v) is 64.8. The van der Waals surface area contributed by atoms with Crippen LogP contribution in [0.15, 0.2) is 294 Å². The average molecular weight is 1940 g/mol. The van der Waals surface area contributed by atoms with E-state index in [0.29, 0.717) is 36.2 Å². The standard InChI is InChI=1S/C31H23N4O.C27H26N2O4.C23H14N2S4.3Pt/c36-29-18-8-7-17-28(29)35-22-19-30(33-35)31(24-11-3-1-4-12-24,25-13-5-2-6-14-25)26-15-9-16-27(23-26)34-21-10-20-32-34;1-25(2,19-9-6-5-7-10-19)22-18-31-24(29-22)27(32-15-16-33-27)21-12-8-11-20(17-21)26(3,4)23-28-13-14-30-23;1-2-7-16(8-3-1)13-17-15-26-22(24-17)27-18-9-6-10-19(14-18)28-23-25-20-11-4-5-12-21(20)29-23;;;/h1-22,36H;5-9,11-14,18H,15-16H2,1-4H3;1-7,9-12,15H,13H2;;;/q-1;2*-2;;2*+2. The molecule has 0 bridgehead atoms. The number of aromatic nitrogens is 8. The molecule has 101 heavy (non-hydrogen) atoms. The van der Waals surface area contributed by atoms with E-state index in [1.165, 1.54) is 4.70 Å². The van der Waals surface area contributed by atoms with Crippen molar-refractivity contribution in [3.63, 3.8) is 0 Å². The van der Waals surface area contributed by atoms with Crippen LogP contribution in [-0.4, -0.2) is 57.8 Å². The summed E-state index contributed by atoms with van der Waals surface area (Å²) in [6, 6.07) is 91.4. The molecule has 7 heterocycles. The first-order chi connectivity index (χ1) is 47.9. The van der Waals surface area contributed by atoms with Crippen molar-refractivity contribution in [3.05, 3.63) is 365 Å². The summed E-state index contributed by atoms with van der Waals surface area (Å²) in [5.74, 6) is -0.138. The van der Waals surface area contributed by atoms with Crippen molar-refractivity contribution in [2.24, 2.45) is 0 Å². The molecule has 0 amide bonds. The molecule has 1 N–H and O–H groups in total. The van der Waals surface area contributed by atoms with Crippen LogP contribution in [0.5, 0.6) is 5.75 Å². The summed E-state index contributed by atoms with van der Waals surface area (Å²) < 4.78 is 30.7. The smallest absolute Gasteiger partial charge is 0.506 e. The first kappa shape index (κ1) is 74.0. The first-order valence-corrected chi connectivity index (χ1v) is 35.0. The maximum atomic E-state index is 10.5. The van der Waals surface area contributed by atoms with Gasteiger partial charge < -0.3 is 23.4 Å². The number of phenols is 1. The van der Waals surface area contributed by atoms with E-state index in [9.17, 15) is 5.11 Å². The fourth-order valence-electron chi connectivity index (χ4n) is 11.7. The van der Waals surface area contributed by atoms with E-state index in [2.05, 4.69) is 132 Å². The van der Waals surface area contributed by atoms with Gasteiger partial charge in [0, 0.05) is 55.9 Å². The summed E-state index contributed by atoms with van der Waals surface area (Å²) in [5.41, 5.74) is 10.4. The molecule has 15 aromatic rings. The van der Waals surface area contributed by atoms with Gasteiger partial charge in [0.15, 0.2) is 8.68 Å². The molecule has 0 atom stereocenters. The molecule has 16 rings (SSSR count). The molecular formula is C81H63N8O5Pt3S4-. The number of aromatic hydroxyl groups is 1. The van der Waals surface area contributed by atoms with Crippen molar-refractivity contribution >= 4 is 56.4 Å². The molecule has 20 heteroatoms. The van der Waals surface area contributed by atoms with Gasteiger partial charge in [0.2, 0.25) is 5.89 Å². The fraction of sp³-hybridized carbons (Fsp3) is 0.136. The number of fused-ring (bicyclic) bond motifs is 1. The average Bonchev–Trinajstić information content (AvgIpc) is 1.73. The zero-order chi connectivity index (χ0) is 66.9. The van der Waals surface area contributed by atoms with Gasteiger partial charge in [-0.15, -0.1) is 39.9 Å². The van der Waals surface area contributed by atoms with Crippen molar-refractivity contribution < 1.29 is 86.6 Å². The number of hydrogen-bond acceptors (Lipinski definition) is 15. The fourth-order valence-corrected chi connectivity index (χ4v) is 15.6. The molecule has 6 aromatic heterocycles. The van der Waals surface area contributed by atoms with Gasteiger partial charge in [-0.2, -0.15) is 149 Å². The Balaban J connectivity index is 0.000000151. The Morgan fingerprint density at radius 1 is 0.574 bits per heavy atom. The van der Waals surface area contributed by atoms with Crippen LogP contribution in [0.1, 0.15) is 95.5 Å². The molecule has 1 aliphatic heterocycles. The number of oxazole rings is 2. The van der Waals surface area contributed by atoms with Gasteiger partial charge >= 0.3 is 42.1 Å². The molecule has 512 valence electrons. The molecule has 1 saturated heterocycles. The SMILES string of the molecule is CC(C)(c1[c-]cccc1)c1coc(C2(c3[c-]c(C(C)(C)c4ncco4)ccc3)OCCO2)n1.Oc1ccccc1-n1ccc(C(c2[c-]c(-n3cccn3)ccc2)(c2ccccc2)c2ccccc2)n1.[Pt+2].[Pt+2].[Pt].[c-]1ccccc1Cc1csc(Sc2[c-]c(Sc3nc4ccccc4s3)ccc2)n1. The number of nitrogens with zero attached hydrogens (tertiary/aromatic N) is 8. The normalized spacial score (nSPS) is 12.6. The van der Waals surface area contributed by atoms with Gasteiger partial charge in [-0.3, -0.25) is 4.68 Å². The van der Waals surface area contributed by atoms with Gasteiger partial charge in [-0.25, -0.2) is 24.6 Å². The maximum absolute atomic E-state index is 10.5. The summed E-state index contributed by atoms with van der Waals surface area (Å²) in [7, 11) is 0. The predicted octanol–water partition coefficient (Wildman–Crippen LogP) is 18.3. The predicted molar refractivity (Wildman–Crippen MR) is 383 cm³/mol. The monoisotopic (exact) mass is 1940 g/mol. The number of ether oxygens (including phenoxy) is 2. The Kier molecular flexibility index (Phi) is 24.4. The van der Waals surface area contributed by atoms with E-state index in [1.54, 1.807) is 87.9 Å². The quantitative estimate of drug-likeness (QED) is 0.0641. The van der Waals surface area contributed by atoms with Crippen molar-refractivity contribution in [2.75, 3.05) is 13.2 Å². The van der Waals surface area contributed by atoms with Crippen molar-refractivity contribution in [1.29, 1.82) is 0 Å². The van der Waals surface area contributed by atoms with Crippen LogP contribution in [-0.2, 0) is 101 Å². The van der Waals surface area contributed by atoms with Crippen LogP contribution in [0.25, 0.3) is 21.6 Å². The molecule has 0 saturated carbocycles. The van der Waals surface area contributed by atoms with Crippen molar-refractivity contribution in [2.45, 2.75) is 74.6 Å². The molecule has 0 radical (unpaired) electrons. The van der Waals surface area contributed by atoms with Gasteiger partial charge in [0.05, 0.1) is 52.1 Å². The molecule has 0 aliphatic carbocycles. The summed E-state index contributed by atoms with van der Waals surface area (Å²) in [6.07, 6.45) is 11.3. The Bertz CT molecular complexity index is 5020. The van der Waals surface area contributed by atoms with E-state index in [1.807, 2.05) is 170 Å². The number of benzene rings is 9. The van der Waals surface area contributed by atoms with E-state index < -0.39 is 22.0 Å². The largest absolute Gasteiger partial charge is 2.00 e. The third kappa shape index (κ3) is 16.2. The van der Waals surface area contributed by atoms with Crippen LogP contribution in [0.3, 0.4) is 0 Å². The summed E-state index contributed by atoms with van der Waals surface area (Å²) in [5, 5.41) is 22.1. The Morgan fingerprint density at radius 2 is 1.25 bits per heavy atom. The minimum absolute atomic E-state index is 0. The number of rotatable bonds is 18. The van der Waals surface area contributed by atoms with Gasteiger partial charge in [-0.1, -0.05) is 138 Å². The maximum Gasteiger partial charge on any atom is 2.00 e. The summed E-state index contributed by atoms with van der Waals surface area (Å²) in [4.78, 5) is 20.8. The molecule has 0 unspecified atom stereocenters. The van der Waals surface area contributed by atoms with E-state index in [0.717, 1.165) is 86.6 Å². The van der Waals surface area contributed by atoms with Crippen molar-refractivity contribution in [1.82, 2.24) is 39.5 Å². The van der Waals surface area contributed by atoms with Gasteiger partial charge in [0.25, 0.3) is 11.7 Å². The molecule has 9 aromatic carbocycles. The first-order valence-electron chi connectivity index (χ1n) is 31.7. The number of hydrogen-bond donors (Lipinski definition) is 1. The van der Waals surface area contributed by atoms with Gasteiger partial charge in [0.1, 0.15) is 24.0 Å². The Hall–Kier alpha value is -8.18. The minimum atomic E-state index is -1.27. The Morgan fingerprint density at radius 3 is 1.94 bits per heavy atom. The van der Waals surface area contributed by atoms with Crippen LogP contribution in [0, 0.1) is 30.3 Å². The van der Waals surface area contributed by atoms with Crippen LogP contribution in [0.2, 0.25) is 0 Å². The molecule has 1 fully saturated rings. The third-order valence-corrected chi connectivity index (χ3v) is 20.8. The zero-order valence-electron chi connectivity index (χ0n) is 54.8. The van der Waals surface area contributed by atoms with Crippen LogP contribution in [0.4, 0.5) is 0 Å². The molecule has 13 nitrogen and oxygen atoms in total. The van der Waals surface area contributed by atoms with Crippen LogP contribution >= 0.6 is 46.2 Å².